The minimum absolute atomic E-state index is 0.0573. The van der Waals surface area contributed by atoms with Crippen molar-refractivity contribution in [3.8, 4) is 11.3 Å². The standard InChI is InChI=1S/C19H19ClN4O2/c20-15-10-22-19(23-12-5-3-4-11(8-12)18(25)26)24-17(15)14-9-21-16-7-2-1-6-13(14)16/h1-2,6-7,9-12,21H,3-5,8H2,(H,25,26)(H,22,23,24)/t11-,12+/m0/s1. The van der Waals surface area contributed by atoms with Crippen LogP contribution in [0.25, 0.3) is 22.2 Å². The molecule has 1 saturated carbocycles. The van der Waals surface area contributed by atoms with Gasteiger partial charge in [-0.3, -0.25) is 4.79 Å². The Kier molecular flexibility index (Phi) is 4.51. The van der Waals surface area contributed by atoms with E-state index in [1.165, 1.54) is 0 Å². The zero-order valence-corrected chi connectivity index (χ0v) is 14.8. The van der Waals surface area contributed by atoms with E-state index in [4.69, 9.17) is 11.6 Å². The van der Waals surface area contributed by atoms with E-state index in [-0.39, 0.29) is 12.0 Å². The topological polar surface area (TPSA) is 90.9 Å². The molecule has 134 valence electrons. The number of carboxylic acids is 1. The van der Waals surface area contributed by atoms with Gasteiger partial charge < -0.3 is 15.4 Å². The number of carboxylic acid groups (broad SMARTS) is 1. The van der Waals surface area contributed by atoms with Gasteiger partial charge >= 0.3 is 5.97 Å². The molecule has 7 heteroatoms. The fraction of sp³-hybridized carbons (Fsp3) is 0.316. The Morgan fingerprint density at radius 3 is 3.00 bits per heavy atom. The summed E-state index contributed by atoms with van der Waals surface area (Å²) < 4.78 is 0. The molecule has 4 rings (SSSR count). The van der Waals surface area contributed by atoms with Crippen LogP contribution in [-0.4, -0.2) is 32.1 Å². The highest BCUT2D eigenvalue weighted by Gasteiger charge is 2.27. The van der Waals surface area contributed by atoms with Crippen LogP contribution >= 0.6 is 11.6 Å². The molecule has 0 bridgehead atoms. The quantitative estimate of drug-likeness (QED) is 0.635. The summed E-state index contributed by atoms with van der Waals surface area (Å²) in [5, 5.41) is 14.1. The molecule has 0 unspecified atom stereocenters. The second kappa shape index (κ2) is 6.96. The fourth-order valence-electron chi connectivity index (χ4n) is 3.62. The van der Waals surface area contributed by atoms with Crippen LogP contribution < -0.4 is 5.32 Å². The van der Waals surface area contributed by atoms with Crippen molar-refractivity contribution in [2.75, 3.05) is 5.32 Å². The molecule has 3 aromatic rings. The second-order valence-electron chi connectivity index (χ2n) is 6.68. The van der Waals surface area contributed by atoms with E-state index in [9.17, 15) is 9.90 Å². The van der Waals surface area contributed by atoms with E-state index in [0.29, 0.717) is 23.1 Å². The number of carbonyl (C=O) groups is 1. The zero-order valence-electron chi connectivity index (χ0n) is 14.1. The van der Waals surface area contributed by atoms with Crippen molar-refractivity contribution in [1.82, 2.24) is 15.0 Å². The third kappa shape index (κ3) is 3.24. The number of rotatable bonds is 4. The number of halogens is 1. The zero-order chi connectivity index (χ0) is 18.1. The number of fused-ring (bicyclic) bond motifs is 1. The Hall–Kier alpha value is -2.60. The molecule has 0 radical (unpaired) electrons. The predicted molar refractivity (Wildman–Crippen MR) is 101 cm³/mol. The van der Waals surface area contributed by atoms with Crippen LogP contribution in [0, 0.1) is 5.92 Å². The van der Waals surface area contributed by atoms with Gasteiger partial charge in [-0.15, -0.1) is 0 Å². The van der Waals surface area contributed by atoms with Gasteiger partial charge in [-0.25, -0.2) is 9.97 Å². The minimum Gasteiger partial charge on any atom is -0.481 e. The Balaban J connectivity index is 1.61. The molecule has 0 amide bonds. The first-order chi connectivity index (χ1) is 12.6. The highest BCUT2D eigenvalue weighted by molar-refractivity contribution is 6.33. The molecule has 26 heavy (non-hydrogen) atoms. The number of aliphatic carboxylic acids is 1. The van der Waals surface area contributed by atoms with Crippen LogP contribution in [0.15, 0.2) is 36.7 Å². The maximum atomic E-state index is 11.3. The summed E-state index contributed by atoms with van der Waals surface area (Å²) in [6.07, 6.45) is 6.60. The molecule has 0 saturated heterocycles. The lowest BCUT2D eigenvalue weighted by Gasteiger charge is -2.27. The van der Waals surface area contributed by atoms with E-state index < -0.39 is 5.97 Å². The molecular weight excluding hydrogens is 352 g/mol. The van der Waals surface area contributed by atoms with Gasteiger partial charge in [-0.1, -0.05) is 36.2 Å². The average Bonchev–Trinajstić information content (AvgIpc) is 3.07. The molecule has 2 aromatic heterocycles. The number of hydrogen-bond acceptors (Lipinski definition) is 4. The van der Waals surface area contributed by atoms with Crippen LogP contribution in [0.5, 0.6) is 0 Å². The Bertz CT molecular complexity index is 956. The smallest absolute Gasteiger partial charge is 0.306 e. The Morgan fingerprint density at radius 2 is 2.15 bits per heavy atom. The minimum atomic E-state index is -0.729. The number of hydrogen-bond donors (Lipinski definition) is 3. The molecule has 6 nitrogen and oxygen atoms in total. The molecule has 1 fully saturated rings. The van der Waals surface area contributed by atoms with Crippen LogP contribution in [0.3, 0.4) is 0 Å². The third-order valence-electron chi connectivity index (χ3n) is 4.95. The van der Waals surface area contributed by atoms with Crippen LogP contribution in [0.2, 0.25) is 5.02 Å². The largest absolute Gasteiger partial charge is 0.481 e. The van der Waals surface area contributed by atoms with E-state index in [2.05, 4.69) is 20.3 Å². The Morgan fingerprint density at radius 1 is 1.31 bits per heavy atom. The number of para-hydroxylation sites is 1. The van der Waals surface area contributed by atoms with E-state index >= 15 is 0 Å². The lowest BCUT2D eigenvalue weighted by Crippen LogP contribution is -2.31. The van der Waals surface area contributed by atoms with Crippen LogP contribution in [0.1, 0.15) is 25.7 Å². The molecule has 0 aliphatic heterocycles. The van der Waals surface area contributed by atoms with Gasteiger partial charge in [0.1, 0.15) is 0 Å². The average molecular weight is 371 g/mol. The number of anilines is 1. The van der Waals surface area contributed by atoms with Gasteiger partial charge in [0.2, 0.25) is 5.95 Å². The van der Waals surface area contributed by atoms with Crippen molar-refractivity contribution < 1.29 is 9.90 Å². The first-order valence-electron chi connectivity index (χ1n) is 8.70. The van der Waals surface area contributed by atoms with Gasteiger partial charge in [0.15, 0.2) is 0 Å². The molecule has 2 heterocycles. The molecule has 0 spiro atoms. The summed E-state index contributed by atoms with van der Waals surface area (Å²) in [7, 11) is 0. The number of nitrogens with one attached hydrogen (secondary N) is 2. The Labute approximate surface area is 155 Å². The second-order valence-corrected chi connectivity index (χ2v) is 7.09. The molecule has 2 atom stereocenters. The maximum absolute atomic E-state index is 11.3. The van der Waals surface area contributed by atoms with Crippen molar-refractivity contribution in [2.24, 2.45) is 5.92 Å². The summed E-state index contributed by atoms with van der Waals surface area (Å²) in [5.74, 6) is -0.555. The van der Waals surface area contributed by atoms with E-state index in [1.54, 1.807) is 6.20 Å². The van der Waals surface area contributed by atoms with Gasteiger partial charge in [0, 0.05) is 28.7 Å². The van der Waals surface area contributed by atoms with E-state index in [0.717, 1.165) is 35.7 Å². The van der Waals surface area contributed by atoms with Crippen molar-refractivity contribution in [3.63, 3.8) is 0 Å². The SMILES string of the molecule is O=C(O)[C@H]1CCC[C@@H](Nc2ncc(Cl)c(-c3c[nH]c4ccccc34)n2)C1. The summed E-state index contributed by atoms with van der Waals surface area (Å²) >= 11 is 6.35. The first-order valence-corrected chi connectivity index (χ1v) is 9.08. The number of aromatic amines is 1. The van der Waals surface area contributed by atoms with Gasteiger partial charge in [0.05, 0.1) is 22.8 Å². The van der Waals surface area contributed by atoms with Crippen molar-refractivity contribution >= 4 is 34.4 Å². The summed E-state index contributed by atoms with van der Waals surface area (Å²) in [6.45, 7) is 0. The van der Waals surface area contributed by atoms with Crippen molar-refractivity contribution in [1.29, 1.82) is 0 Å². The summed E-state index contributed by atoms with van der Waals surface area (Å²) in [6, 6.07) is 8.02. The molecule has 3 N–H and O–H groups in total. The summed E-state index contributed by atoms with van der Waals surface area (Å²) in [4.78, 5) is 23.4. The highest BCUT2D eigenvalue weighted by Crippen LogP contribution is 2.33. The maximum Gasteiger partial charge on any atom is 0.306 e. The summed E-state index contributed by atoms with van der Waals surface area (Å²) in [5.41, 5.74) is 2.60. The molecule has 1 aliphatic rings. The number of nitrogens with zero attached hydrogens (tertiary/aromatic N) is 2. The molecule has 1 aromatic carbocycles. The van der Waals surface area contributed by atoms with Gasteiger partial charge in [-0.05, 0) is 25.3 Å². The number of benzene rings is 1. The van der Waals surface area contributed by atoms with Gasteiger partial charge in [-0.2, -0.15) is 0 Å². The normalized spacial score (nSPS) is 20.2. The van der Waals surface area contributed by atoms with Crippen molar-refractivity contribution in [2.45, 2.75) is 31.7 Å². The van der Waals surface area contributed by atoms with Crippen LogP contribution in [0.4, 0.5) is 5.95 Å². The lowest BCUT2D eigenvalue weighted by atomic mass is 9.86. The van der Waals surface area contributed by atoms with E-state index in [1.807, 2.05) is 30.5 Å². The molecular formula is C19H19ClN4O2. The fourth-order valence-corrected chi connectivity index (χ4v) is 3.81. The first kappa shape index (κ1) is 16.8. The predicted octanol–water partition coefficient (Wildman–Crippen LogP) is 4.33. The van der Waals surface area contributed by atoms with Crippen molar-refractivity contribution in [3.05, 3.63) is 41.7 Å². The lowest BCUT2D eigenvalue weighted by molar-refractivity contribution is -0.142. The van der Waals surface area contributed by atoms with Crippen LogP contribution in [-0.2, 0) is 4.79 Å². The highest BCUT2D eigenvalue weighted by atomic mass is 35.5. The number of H-pyrrole nitrogens is 1. The molecule has 1 aliphatic carbocycles. The third-order valence-corrected chi connectivity index (χ3v) is 5.22. The van der Waals surface area contributed by atoms with Gasteiger partial charge in [0.25, 0.3) is 0 Å². The number of aromatic nitrogens is 3. The monoisotopic (exact) mass is 370 g/mol.